The highest BCUT2D eigenvalue weighted by Gasteiger charge is 2.13. The van der Waals surface area contributed by atoms with E-state index in [1.54, 1.807) is 0 Å². The molecule has 0 heterocycles. The molecule has 0 rings (SSSR count). The summed E-state index contributed by atoms with van der Waals surface area (Å²) >= 11 is 5.64. The van der Waals surface area contributed by atoms with Gasteiger partial charge in [-0.25, -0.2) is 0 Å². The van der Waals surface area contributed by atoms with Crippen molar-refractivity contribution >= 4 is 30.3 Å². The van der Waals surface area contributed by atoms with Gasteiger partial charge in [0.2, 0.25) is 5.91 Å². The Morgan fingerprint density at radius 2 is 2.25 bits per heavy atom. The van der Waals surface area contributed by atoms with Gasteiger partial charge in [0.25, 0.3) is 0 Å². The number of aliphatic hydroxyl groups excluding tert-OH is 1. The topological polar surface area (TPSA) is 49.3 Å². The molecule has 0 aliphatic heterocycles. The Bertz CT molecular complexity index is 141. The number of thioether (sulfide) groups is 1. The van der Waals surface area contributed by atoms with E-state index in [0.29, 0.717) is 6.54 Å². The summed E-state index contributed by atoms with van der Waals surface area (Å²) < 4.78 is 0.153. The Balaban J connectivity index is 3.61. The molecule has 2 unspecified atom stereocenters. The monoisotopic (exact) mass is 209 g/mol. The summed E-state index contributed by atoms with van der Waals surface area (Å²) in [6.07, 6.45) is 0. The lowest BCUT2D eigenvalue weighted by Crippen LogP contribution is -2.33. The van der Waals surface area contributed by atoms with Crippen LogP contribution in [0.5, 0.6) is 0 Å². The third-order valence-corrected chi connectivity index (χ3v) is 2.56. The maximum absolute atomic E-state index is 11.2. The van der Waals surface area contributed by atoms with Crippen LogP contribution >= 0.6 is 24.4 Å². The van der Waals surface area contributed by atoms with E-state index in [9.17, 15) is 4.79 Å². The maximum Gasteiger partial charge on any atom is 0.232 e. The van der Waals surface area contributed by atoms with Gasteiger partial charge in [-0.2, -0.15) is 12.6 Å². The van der Waals surface area contributed by atoms with Gasteiger partial charge in [0, 0.05) is 11.1 Å². The second-order valence-electron chi connectivity index (χ2n) is 2.39. The smallest absolute Gasteiger partial charge is 0.232 e. The molecule has 0 aromatic heterocycles. The Morgan fingerprint density at radius 1 is 1.67 bits per heavy atom. The van der Waals surface area contributed by atoms with Gasteiger partial charge in [-0.1, -0.05) is 0 Å². The van der Waals surface area contributed by atoms with E-state index in [1.165, 1.54) is 11.8 Å². The molecule has 0 aromatic rings. The van der Waals surface area contributed by atoms with Crippen LogP contribution in [0.15, 0.2) is 0 Å². The summed E-state index contributed by atoms with van der Waals surface area (Å²) in [6.45, 7) is 4.05. The van der Waals surface area contributed by atoms with Crippen molar-refractivity contribution < 1.29 is 9.90 Å². The lowest BCUT2D eigenvalue weighted by atomic mass is 10.4. The molecule has 0 saturated carbocycles. The first kappa shape index (κ1) is 12.1. The molecule has 0 saturated heterocycles. The van der Waals surface area contributed by atoms with E-state index < -0.39 is 0 Å². The first-order valence-corrected chi connectivity index (χ1v) is 5.26. The normalized spacial score (nSPS) is 15.3. The second kappa shape index (κ2) is 6.62. The zero-order valence-corrected chi connectivity index (χ0v) is 8.99. The number of carbonyl (C=O) groups is 1. The number of hydrogen-bond acceptors (Lipinski definition) is 4. The van der Waals surface area contributed by atoms with Gasteiger partial charge < -0.3 is 10.4 Å². The fourth-order valence-electron chi connectivity index (χ4n) is 0.680. The lowest BCUT2D eigenvalue weighted by molar-refractivity contribution is -0.120. The first-order valence-electron chi connectivity index (χ1n) is 3.80. The highest BCUT2D eigenvalue weighted by Crippen LogP contribution is 2.19. The SMILES string of the molecule is CC(S)SC(C)C(=O)NCCO. The Hall–Kier alpha value is 0.130. The third-order valence-electron chi connectivity index (χ3n) is 1.18. The Kier molecular flexibility index (Phi) is 6.70. The van der Waals surface area contributed by atoms with Crippen LogP contribution in [0.1, 0.15) is 13.8 Å². The molecule has 0 fully saturated rings. The molecule has 0 aliphatic carbocycles. The number of rotatable bonds is 5. The van der Waals surface area contributed by atoms with Crippen molar-refractivity contribution in [2.75, 3.05) is 13.2 Å². The molecule has 1 amide bonds. The first-order chi connectivity index (χ1) is 5.57. The molecule has 3 nitrogen and oxygen atoms in total. The van der Waals surface area contributed by atoms with Crippen molar-refractivity contribution in [3.05, 3.63) is 0 Å². The van der Waals surface area contributed by atoms with E-state index >= 15 is 0 Å². The molecule has 0 aliphatic rings. The number of nitrogens with one attached hydrogen (secondary N) is 1. The average Bonchev–Trinajstić information content (AvgIpc) is 1.98. The van der Waals surface area contributed by atoms with E-state index in [2.05, 4.69) is 17.9 Å². The molecule has 0 spiro atoms. The van der Waals surface area contributed by atoms with Crippen molar-refractivity contribution in [2.45, 2.75) is 23.7 Å². The van der Waals surface area contributed by atoms with Crippen LogP contribution in [0.4, 0.5) is 0 Å². The van der Waals surface area contributed by atoms with Crippen LogP contribution < -0.4 is 5.32 Å². The van der Waals surface area contributed by atoms with Crippen LogP contribution in [0.25, 0.3) is 0 Å². The standard InChI is InChI=1S/C7H15NO2S2/c1-5(12-6(2)11)7(10)8-3-4-9/h5-6,9,11H,3-4H2,1-2H3,(H,8,10). The van der Waals surface area contributed by atoms with E-state index in [4.69, 9.17) is 5.11 Å². The van der Waals surface area contributed by atoms with Gasteiger partial charge in [-0.3, -0.25) is 4.79 Å². The number of thiol groups is 1. The highest BCUT2D eigenvalue weighted by molar-refractivity contribution is 8.11. The van der Waals surface area contributed by atoms with Gasteiger partial charge >= 0.3 is 0 Å². The minimum absolute atomic E-state index is 0.0143. The molecule has 0 radical (unpaired) electrons. The van der Waals surface area contributed by atoms with Crippen LogP contribution in [-0.2, 0) is 4.79 Å². The summed E-state index contributed by atoms with van der Waals surface area (Å²) in [6, 6.07) is 0. The van der Waals surface area contributed by atoms with Crippen molar-refractivity contribution in [1.82, 2.24) is 5.32 Å². The molecule has 72 valence electrons. The molecule has 2 N–H and O–H groups in total. The fraction of sp³-hybridized carbons (Fsp3) is 0.857. The Labute approximate surface area is 82.7 Å². The molecule has 0 bridgehead atoms. The zero-order chi connectivity index (χ0) is 9.56. The predicted molar refractivity (Wildman–Crippen MR) is 55.6 cm³/mol. The average molecular weight is 209 g/mol. The van der Waals surface area contributed by atoms with Crippen molar-refractivity contribution in [3.8, 4) is 0 Å². The largest absolute Gasteiger partial charge is 0.395 e. The number of aliphatic hydroxyl groups is 1. The second-order valence-corrected chi connectivity index (χ2v) is 5.20. The number of hydrogen-bond donors (Lipinski definition) is 3. The van der Waals surface area contributed by atoms with Gasteiger partial charge in [0.1, 0.15) is 0 Å². The molecular weight excluding hydrogens is 194 g/mol. The predicted octanol–water partition coefficient (Wildman–Crippen LogP) is 0.492. The molecule has 5 heteroatoms. The number of amides is 1. The zero-order valence-electron chi connectivity index (χ0n) is 7.28. The fourth-order valence-corrected chi connectivity index (χ4v) is 2.03. The Morgan fingerprint density at radius 3 is 2.67 bits per heavy atom. The molecule has 12 heavy (non-hydrogen) atoms. The highest BCUT2D eigenvalue weighted by atomic mass is 32.2. The lowest BCUT2D eigenvalue weighted by Gasteiger charge is -2.12. The molecule has 0 aromatic carbocycles. The van der Waals surface area contributed by atoms with Gasteiger partial charge in [0.05, 0.1) is 11.9 Å². The quantitative estimate of drug-likeness (QED) is 0.456. The van der Waals surface area contributed by atoms with Crippen LogP contribution in [0, 0.1) is 0 Å². The van der Waals surface area contributed by atoms with Gasteiger partial charge in [-0.05, 0) is 13.8 Å². The number of carbonyl (C=O) groups excluding carboxylic acids is 1. The van der Waals surface area contributed by atoms with Crippen molar-refractivity contribution in [3.63, 3.8) is 0 Å². The summed E-state index contributed by atoms with van der Waals surface area (Å²) in [5, 5.41) is 10.9. The minimum Gasteiger partial charge on any atom is -0.395 e. The summed E-state index contributed by atoms with van der Waals surface area (Å²) in [7, 11) is 0. The third kappa shape index (κ3) is 5.74. The van der Waals surface area contributed by atoms with Crippen LogP contribution in [-0.4, -0.2) is 34.0 Å². The summed E-state index contributed by atoms with van der Waals surface area (Å²) in [4.78, 5) is 11.2. The van der Waals surface area contributed by atoms with Crippen molar-refractivity contribution in [2.24, 2.45) is 0 Å². The van der Waals surface area contributed by atoms with E-state index in [-0.39, 0.29) is 22.3 Å². The molecule has 2 atom stereocenters. The summed E-state index contributed by atoms with van der Waals surface area (Å²) in [5.74, 6) is -0.0463. The van der Waals surface area contributed by atoms with E-state index in [0.717, 1.165) is 0 Å². The van der Waals surface area contributed by atoms with Crippen LogP contribution in [0.3, 0.4) is 0 Å². The molecular formula is C7H15NO2S2. The maximum atomic E-state index is 11.2. The van der Waals surface area contributed by atoms with Crippen molar-refractivity contribution in [1.29, 1.82) is 0 Å². The minimum atomic E-state index is -0.107. The van der Waals surface area contributed by atoms with Crippen LogP contribution in [0.2, 0.25) is 0 Å². The van der Waals surface area contributed by atoms with Gasteiger partial charge in [-0.15, -0.1) is 11.8 Å². The van der Waals surface area contributed by atoms with Gasteiger partial charge in [0.15, 0.2) is 0 Å². The van der Waals surface area contributed by atoms with E-state index in [1.807, 2.05) is 13.8 Å². The summed E-state index contributed by atoms with van der Waals surface area (Å²) in [5.41, 5.74) is 0.